The van der Waals surface area contributed by atoms with Gasteiger partial charge in [0.2, 0.25) is 0 Å². The van der Waals surface area contributed by atoms with Crippen LogP contribution >= 0.6 is 22.9 Å². The first-order valence-corrected chi connectivity index (χ1v) is 9.92. The Morgan fingerprint density at radius 2 is 2.10 bits per heavy atom. The second-order valence-electron chi connectivity index (χ2n) is 6.59. The molecule has 1 amide bonds. The molecular weight excluding hydrogens is 416 g/mol. The molecule has 9 heteroatoms. The maximum Gasteiger partial charge on any atom is 0.405 e. The summed E-state index contributed by atoms with van der Waals surface area (Å²) < 4.78 is 10.8. The van der Waals surface area contributed by atoms with Crippen molar-refractivity contribution in [3.05, 3.63) is 63.0 Å². The van der Waals surface area contributed by atoms with Crippen LogP contribution in [0.2, 0.25) is 5.02 Å². The van der Waals surface area contributed by atoms with Gasteiger partial charge in [-0.15, -0.1) is 11.3 Å². The number of nitrogens with one attached hydrogen (secondary N) is 1. The third kappa shape index (κ3) is 3.74. The highest BCUT2D eigenvalue weighted by Crippen LogP contribution is 2.39. The van der Waals surface area contributed by atoms with E-state index in [2.05, 4.69) is 10.5 Å². The molecule has 3 heterocycles. The van der Waals surface area contributed by atoms with Crippen LogP contribution in [0.3, 0.4) is 0 Å². The number of amides is 1. The molecule has 1 unspecified atom stereocenters. The number of benzene rings is 1. The van der Waals surface area contributed by atoms with Crippen molar-refractivity contribution in [3.63, 3.8) is 0 Å². The Hall–Kier alpha value is -2.81. The monoisotopic (exact) mass is 432 g/mol. The van der Waals surface area contributed by atoms with Gasteiger partial charge in [-0.05, 0) is 49.7 Å². The standard InChI is InChI=1S/C20H17ClN2O5S/c1-9-17(10(2)28-23-9)18(24)16-4-3-15(29-16)11-5-12-6-13(8-22-20(25)26)27-19(12)14(21)7-11/h3-7,18,22,24H,8H2,1-2H3,(H,25,26). The quantitative estimate of drug-likeness (QED) is 0.396. The van der Waals surface area contributed by atoms with Crippen LogP contribution in [-0.4, -0.2) is 21.5 Å². The molecule has 0 fully saturated rings. The van der Waals surface area contributed by atoms with Gasteiger partial charge in [0, 0.05) is 15.1 Å². The number of aliphatic hydroxyl groups excluding tert-OH is 1. The van der Waals surface area contributed by atoms with Crippen LogP contribution in [0.15, 0.2) is 39.3 Å². The molecule has 0 aliphatic rings. The van der Waals surface area contributed by atoms with E-state index in [1.165, 1.54) is 11.3 Å². The van der Waals surface area contributed by atoms with Crippen molar-refractivity contribution < 1.29 is 23.9 Å². The number of carboxylic acid groups (broad SMARTS) is 1. The highest BCUT2D eigenvalue weighted by Gasteiger charge is 2.22. The normalized spacial score (nSPS) is 12.4. The third-order valence-corrected chi connectivity index (χ3v) is 6.05. The number of aliphatic hydroxyl groups is 1. The van der Waals surface area contributed by atoms with Gasteiger partial charge < -0.3 is 24.5 Å². The fourth-order valence-electron chi connectivity index (χ4n) is 3.23. The first kappa shape index (κ1) is 19.5. The number of carbonyl (C=O) groups is 1. The number of thiophene rings is 1. The SMILES string of the molecule is Cc1noc(C)c1C(O)c1ccc(-c2cc(Cl)c3oc(CNC(=O)O)cc3c2)s1. The largest absolute Gasteiger partial charge is 0.465 e. The van der Waals surface area contributed by atoms with Gasteiger partial charge in [0.15, 0.2) is 5.58 Å². The Morgan fingerprint density at radius 3 is 2.79 bits per heavy atom. The maximum atomic E-state index is 10.8. The summed E-state index contributed by atoms with van der Waals surface area (Å²) in [7, 11) is 0. The highest BCUT2D eigenvalue weighted by atomic mass is 35.5. The molecule has 0 aliphatic heterocycles. The second kappa shape index (κ2) is 7.55. The molecule has 3 N–H and O–H groups in total. The topological polar surface area (TPSA) is 109 Å². The lowest BCUT2D eigenvalue weighted by Crippen LogP contribution is -2.19. The molecule has 0 saturated heterocycles. The van der Waals surface area contributed by atoms with Crippen LogP contribution in [0, 0.1) is 13.8 Å². The molecule has 0 spiro atoms. The van der Waals surface area contributed by atoms with Gasteiger partial charge in [-0.3, -0.25) is 0 Å². The Labute approximate surface area is 174 Å². The highest BCUT2D eigenvalue weighted by molar-refractivity contribution is 7.15. The fourth-order valence-corrected chi connectivity index (χ4v) is 4.49. The first-order valence-electron chi connectivity index (χ1n) is 8.73. The Morgan fingerprint density at radius 1 is 1.31 bits per heavy atom. The summed E-state index contributed by atoms with van der Waals surface area (Å²) in [5.41, 5.74) is 2.72. The number of furan rings is 1. The molecule has 1 atom stereocenters. The zero-order valence-electron chi connectivity index (χ0n) is 15.5. The van der Waals surface area contributed by atoms with E-state index in [0.717, 1.165) is 20.7 Å². The van der Waals surface area contributed by atoms with Crippen LogP contribution in [0.1, 0.15) is 33.8 Å². The lowest BCUT2D eigenvalue weighted by molar-refractivity contribution is 0.193. The third-order valence-electron chi connectivity index (χ3n) is 4.58. The van der Waals surface area contributed by atoms with Crippen LogP contribution in [-0.2, 0) is 6.54 Å². The smallest absolute Gasteiger partial charge is 0.405 e. The van der Waals surface area contributed by atoms with Crippen molar-refractivity contribution in [2.75, 3.05) is 0 Å². The summed E-state index contributed by atoms with van der Waals surface area (Å²) in [6.07, 6.45) is -1.94. The number of rotatable bonds is 5. The molecule has 150 valence electrons. The Bertz CT molecular complexity index is 1190. The molecule has 4 aromatic rings. The van der Waals surface area contributed by atoms with E-state index < -0.39 is 12.2 Å². The molecule has 0 radical (unpaired) electrons. The summed E-state index contributed by atoms with van der Waals surface area (Å²) in [5, 5.41) is 26.9. The zero-order valence-corrected chi connectivity index (χ0v) is 17.1. The zero-order chi connectivity index (χ0) is 20.7. The van der Waals surface area contributed by atoms with Crippen molar-refractivity contribution in [3.8, 4) is 10.4 Å². The van der Waals surface area contributed by atoms with Gasteiger partial charge in [-0.1, -0.05) is 16.8 Å². The van der Waals surface area contributed by atoms with Crippen LogP contribution < -0.4 is 5.32 Å². The molecule has 0 saturated carbocycles. The summed E-state index contributed by atoms with van der Waals surface area (Å²) in [6.45, 7) is 3.63. The van der Waals surface area contributed by atoms with Crippen LogP contribution in [0.25, 0.3) is 21.4 Å². The molecule has 4 rings (SSSR count). The lowest BCUT2D eigenvalue weighted by atomic mass is 10.1. The number of fused-ring (bicyclic) bond motifs is 1. The average molecular weight is 433 g/mol. The molecule has 7 nitrogen and oxygen atoms in total. The molecular formula is C20H17ClN2O5S. The number of aromatic nitrogens is 1. The maximum absolute atomic E-state index is 10.8. The number of aryl methyl sites for hydroxylation is 2. The molecule has 0 aliphatic carbocycles. The number of hydrogen-bond donors (Lipinski definition) is 3. The molecule has 1 aromatic carbocycles. The van der Waals surface area contributed by atoms with Crippen LogP contribution in [0.5, 0.6) is 0 Å². The predicted molar refractivity (Wildman–Crippen MR) is 109 cm³/mol. The van der Waals surface area contributed by atoms with Crippen molar-refractivity contribution >= 4 is 40.0 Å². The average Bonchev–Trinajstić information content (AvgIpc) is 3.38. The van der Waals surface area contributed by atoms with Crippen molar-refractivity contribution in [2.24, 2.45) is 0 Å². The predicted octanol–water partition coefficient (Wildman–Crippen LogP) is 5.27. The van der Waals surface area contributed by atoms with Crippen molar-refractivity contribution in [1.82, 2.24) is 10.5 Å². The number of hydrogen-bond acceptors (Lipinski definition) is 6. The fraction of sp³-hybridized carbons (Fsp3) is 0.200. The molecule has 3 aromatic heterocycles. The lowest BCUT2D eigenvalue weighted by Gasteiger charge is -2.07. The summed E-state index contributed by atoms with van der Waals surface area (Å²) >= 11 is 7.83. The van der Waals surface area contributed by atoms with E-state index in [9.17, 15) is 9.90 Å². The van der Waals surface area contributed by atoms with E-state index >= 15 is 0 Å². The summed E-state index contributed by atoms with van der Waals surface area (Å²) in [5.74, 6) is 1.07. The summed E-state index contributed by atoms with van der Waals surface area (Å²) in [4.78, 5) is 12.4. The first-order chi connectivity index (χ1) is 13.8. The van der Waals surface area contributed by atoms with Crippen LogP contribution in [0.4, 0.5) is 4.79 Å². The van der Waals surface area contributed by atoms with E-state index in [1.54, 1.807) is 26.0 Å². The molecule has 0 bridgehead atoms. The van der Waals surface area contributed by atoms with Gasteiger partial charge in [-0.2, -0.15) is 0 Å². The second-order valence-corrected chi connectivity index (χ2v) is 8.11. The van der Waals surface area contributed by atoms with Gasteiger partial charge in [-0.25, -0.2) is 4.79 Å². The Balaban J connectivity index is 1.66. The minimum Gasteiger partial charge on any atom is -0.465 e. The van der Waals surface area contributed by atoms with E-state index in [1.807, 2.05) is 18.2 Å². The number of halogens is 1. The van der Waals surface area contributed by atoms with Crippen molar-refractivity contribution in [1.29, 1.82) is 0 Å². The van der Waals surface area contributed by atoms with E-state index in [4.69, 9.17) is 25.6 Å². The minimum atomic E-state index is -1.12. The summed E-state index contributed by atoms with van der Waals surface area (Å²) in [6, 6.07) is 9.26. The van der Waals surface area contributed by atoms with Gasteiger partial charge in [0.05, 0.1) is 22.8 Å². The minimum absolute atomic E-state index is 0.0580. The number of nitrogens with zero attached hydrogens (tertiary/aromatic N) is 1. The Kier molecular flexibility index (Phi) is 5.08. The van der Waals surface area contributed by atoms with Gasteiger partial charge in [0.25, 0.3) is 0 Å². The van der Waals surface area contributed by atoms with Crippen molar-refractivity contribution in [2.45, 2.75) is 26.5 Å². The van der Waals surface area contributed by atoms with E-state index in [-0.39, 0.29) is 6.54 Å². The molecule has 29 heavy (non-hydrogen) atoms. The van der Waals surface area contributed by atoms with E-state index in [0.29, 0.717) is 33.4 Å². The van der Waals surface area contributed by atoms with Gasteiger partial charge in [0.1, 0.15) is 17.6 Å². The van der Waals surface area contributed by atoms with Gasteiger partial charge >= 0.3 is 6.09 Å².